The van der Waals surface area contributed by atoms with Gasteiger partial charge in [0.05, 0.1) is 27.9 Å². The average molecular weight is 283 g/mol. The van der Waals surface area contributed by atoms with Crippen LogP contribution in [-0.2, 0) is 6.54 Å². The van der Waals surface area contributed by atoms with Gasteiger partial charge >= 0.3 is 0 Å². The summed E-state index contributed by atoms with van der Waals surface area (Å²) >= 11 is 0. The third kappa shape index (κ3) is 3.77. The van der Waals surface area contributed by atoms with Crippen molar-refractivity contribution in [3.63, 3.8) is 0 Å². The van der Waals surface area contributed by atoms with Crippen LogP contribution in [0.2, 0.25) is 0 Å². The van der Waals surface area contributed by atoms with Crippen molar-refractivity contribution < 1.29 is 19.3 Å². The SMILES string of the molecule is COc1ccc(CNC(CO)C(C)C)c(OC)c1OC. The minimum atomic E-state index is 0.0489. The van der Waals surface area contributed by atoms with Gasteiger partial charge in [0, 0.05) is 18.2 Å². The molecule has 114 valence electrons. The van der Waals surface area contributed by atoms with Gasteiger partial charge in [0.15, 0.2) is 11.5 Å². The molecule has 0 fully saturated rings. The largest absolute Gasteiger partial charge is 0.493 e. The summed E-state index contributed by atoms with van der Waals surface area (Å²) < 4.78 is 16.0. The van der Waals surface area contributed by atoms with E-state index in [0.29, 0.717) is 29.7 Å². The maximum atomic E-state index is 9.35. The molecule has 0 bridgehead atoms. The van der Waals surface area contributed by atoms with Gasteiger partial charge in [-0.25, -0.2) is 0 Å². The normalized spacial score (nSPS) is 12.3. The lowest BCUT2D eigenvalue weighted by molar-refractivity contribution is 0.209. The molecule has 5 heteroatoms. The lowest BCUT2D eigenvalue weighted by Gasteiger charge is -2.21. The zero-order chi connectivity index (χ0) is 15.1. The van der Waals surface area contributed by atoms with Gasteiger partial charge < -0.3 is 24.6 Å². The highest BCUT2D eigenvalue weighted by atomic mass is 16.5. The van der Waals surface area contributed by atoms with Gasteiger partial charge in [-0.05, 0) is 12.0 Å². The number of hydrogen-bond donors (Lipinski definition) is 2. The second kappa shape index (κ2) is 7.97. The van der Waals surface area contributed by atoms with E-state index in [-0.39, 0.29) is 12.6 Å². The fourth-order valence-corrected chi connectivity index (χ4v) is 2.05. The van der Waals surface area contributed by atoms with E-state index in [2.05, 4.69) is 19.2 Å². The van der Waals surface area contributed by atoms with Crippen LogP contribution in [0.3, 0.4) is 0 Å². The molecular weight excluding hydrogens is 258 g/mol. The molecule has 0 aliphatic carbocycles. The summed E-state index contributed by atoms with van der Waals surface area (Å²) in [6.07, 6.45) is 0. The highest BCUT2D eigenvalue weighted by molar-refractivity contribution is 5.55. The van der Waals surface area contributed by atoms with Crippen LogP contribution in [-0.4, -0.2) is 39.1 Å². The second-order valence-corrected chi connectivity index (χ2v) is 4.91. The number of hydrogen-bond acceptors (Lipinski definition) is 5. The van der Waals surface area contributed by atoms with Crippen LogP contribution in [0.25, 0.3) is 0 Å². The molecule has 0 aliphatic heterocycles. The molecule has 5 nitrogen and oxygen atoms in total. The Balaban J connectivity index is 2.95. The highest BCUT2D eigenvalue weighted by Gasteiger charge is 2.17. The third-order valence-electron chi connectivity index (χ3n) is 3.34. The van der Waals surface area contributed by atoms with Crippen LogP contribution in [0.15, 0.2) is 12.1 Å². The molecular formula is C15H25NO4. The lowest BCUT2D eigenvalue weighted by atomic mass is 10.0. The van der Waals surface area contributed by atoms with Crippen LogP contribution in [0, 0.1) is 5.92 Å². The first-order chi connectivity index (χ1) is 9.58. The van der Waals surface area contributed by atoms with Crippen LogP contribution >= 0.6 is 0 Å². The predicted octanol–water partition coefficient (Wildman–Crippen LogP) is 1.82. The second-order valence-electron chi connectivity index (χ2n) is 4.91. The number of aliphatic hydroxyl groups excluding tert-OH is 1. The molecule has 0 heterocycles. The van der Waals surface area contributed by atoms with Gasteiger partial charge in [0.1, 0.15) is 0 Å². The van der Waals surface area contributed by atoms with E-state index >= 15 is 0 Å². The molecule has 20 heavy (non-hydrogen) atoms. The van der Waals surface area contributed by atoms with Gasteiger partial charge in [-0.15, -0.1) is 0 Å². The number of aliphatic hydroxyl groups is 1. The number of benzene rings is 1. The fourth-order valence-electron chi connectivity index (χ4n) is 2.05. The van der Waals surface area contributed by atoms with E-state index in [4.69, 9.17) is 14.2 Å². The van der Waals surface area contributed by atoms with Gasteiger partial charge in [-0.3, -0.25) is 0 Å². The van der Waals surface area contributed by atoms with Gasteiger partial charge in [0.2, 0.25) is 5.75 Å². The van der Waals surface area contributed by atoms with Crippen molar-refractivity contribution in [1.29, 1.82) is 0 Å². The minimum Gasteiger partial charge on any atom is -0.493 e. The minimum absolute atomic E-state index is 0.0489. The topological polar surface area (TPSA) is 60.0 Å². The van der Waals surface area contributed by atoms with E-state index in [9.17, 15) is 5.11 Å². The van der Waals surface area contributed by atoms with E-state index in [0.717, 1.165) is 5.56 Å². The Hall–Kier alpha value is -1.46. The first-order valence-electron chi connectivity index (χ1n) is 6.71. The van der Waals surface area contributed by atoms with Crippen LogP contribution < -0.4 is 19.5 Å². The summed E-state index contributed by atoms with van der Waals surface area (Å²) in [5, 5.41) is 12.7. The zero-order valence-electron chi connectivity index (χ0n) is 12.9. The van der Waals surface area contributed by atoms with Crippen molar-refractivity contribution in [2.45, 2.75) is 26.4 Å². The summed E-state index contributed by atoms with van der Waals surface area (Å²) in [6.45, 7) is 4.83. The Bertz CT molecular complexity index is 421. The lowest BCUT2D eigenvalue weighted by Crippen LogP contribution is -2.36. The summed E-state index contributed by atoms with van der Waals surface area (Å²) in [4.78, 5) is 0. The molecule has 1 aromatic carbocycles. The Morgan fingerprint density at radius 3 is 2.15 bits per heavy atom. The quantitative estimate of drug-likeness (QED) is 0.762. The van der Waals surface area contributed by atoms with E-state index in [1.54, 1.807) is 21.3 Å². The van der Waals surface area contributed by atoms with Crippen LogP contribution in [0.5, 0.6) is 17.2 Å². The van der Waals surface area contributed by atoms with E-state index < -0.39 is 0 Å². The third-order valence-corrected chi connectivity index (χ3v) is 3.34. The van der Waals surface area contributed by atoms with Gasteiger partial charge in [-0.2, -0.15) is 0 Å². The maximum Gasteiger partial charge on any atom is 0.203 e. The molecule has 0 radical (unpaired) electrons. The van der Waals surface area contributed by atoms with E-state index in [1.165, 1.54) is 0 Å². The number of rotatable bonds is 8. The summed E-state index contributed by atoms with van der Waals surface area (Å²) in [6, 6.07) is 3.83. The van der Waals surface area contributed by atoms with Crippen molar-refractivity contribution in [3.8, 4) is 17.2 Å². The molecule has 1 rings (SSSR count). The van der Waals surface area contributed by atoms with Crippen LogP contribution in [0.4, 0.5) is 0 Å². The highest BCUT2D eigenvalue weighted by Crippen LogP contribution is 2.39. The van der Waals surface area contributed by atoms with Crippen molar-refractivity contribution >= 4 is 0 Å². The first kappa shape index (κ1) is 16.6. The molecule has 0 saturated carbocycles. The monoisotopic (exact) mass is 283 g/mol. The van der Waals surface area contributed by atoms with Crippen molar-refractivity contribution in [3.05, 3.63) is 17.7 Å². The van der Waals surface area contributed by atoms with E-state index in [1.807, 2.05) is 12.1 Å². The zero-order valence-corrected chi connectivity index (χ0v) is 12.9. The number of nitrogens with one attached hydrogen (secondary N) is 1. The molecule has 0 aliphatic rings. The standard InChI is InChI=1S/C15H25NO4/c1-10(2)12(9-17)16-8-11-6-7-13(18-3)15(20-5)14(11)19-4/h6-7,10,12,16-17H,8-9H2,1-5H3. The maximum absolute atomic E-state index is 9.35. The number of ether oxygens (including phenoxy) is 3. The number of methoxy groups -OCH3 is 3. The Labute approximate surface area is 120 Å². The molecule has 1 atom stereocenters. The molecule has 1 aromatic rings. The molecule has 0 aromatic heterocycles. The van der Waals surface area contributed by atoms with Crippen LogP contribution in [0.1, 0.15) is 19.4 Å². The summed E-state index contributed by atoms with van der Waals surface area (Å²) in [7, 11) is 4.78. The average Bonchev–Trinajstić information content (AvgIpc) is 2.46. The molecule has 0 amide bonds. The molecule has 1 unspecified atom stereocenters. The Morgan fingerprint density at radius 1 is 1.05 bits per heavy atom. The Morgan fingerprint density at radius 2 is 1.70 bits per heavy atom. The van der Waals surface area contributed by atoms with Crippen molar-refractivity contribution in [1.82, 2.24) is 5.32 Å². The molecule has 0 saturated heterocycles. The predicted molar refractivity (Wildman–Crippen MR) is 78.6 cm³/mol. The van der Waals surface area contributed by atoms with Crippen molar-refractivity contribution in [2.24, 2.45) is 5.92 Å². The Kier molecular flexibility index (Phi) is 6.61. The smallest absolute Gasteiger partial charge is 0.203 e. The van der Waals surface area contributed by atoms with Crippen molar-refractivity contribution in [2.75, 3.05) is 27.9 Å². The summed E-state index contributed by atoms with van der Waals surface area (Å²) in [5.41, 5.74) is 0.962. The fraction of sp³-hybridized carbons (Fsp3) is 0.600. The van der Waals surface area contributed by atoms with Gasteiger partial charge in [0.25, 0.3) is 0 Å². The first-order valence-corrected chi connectivity index (χ1v) is 6.71. The van der Waals surface area contributed by atoms with Gasteiger partial charge in [-0.1, -0.05) is 19.9 Å². The summed E-state index contributed by atoms with van der Waals surface area (Å²) in [5.74, 6) is 2.22. The molecule has 0 spiro atoms. The molecule has 2 N–H and O–H groups in total.